The van der Waals surface area contributed by atoms with E-state index in [-0.39, 0.29) is 0 Å². The molecule has 0 saturated heterocycles. The molecule has 1 heterocycles. The van der Waals surface area contributed by atoms with E-state index in [1.807, 2.05) is 30.3 Å². The number of hydrogen-bond donors (Lipinski definition) is 0. The van der Waals surface area contributed by atoms with Gasteiger partial charge in [0.05, 0.1) is 35.8 Å². The molecule has 0 spiro atoms. The number of sulfonamides is 1. The molecular weight excluding hydrogens is 386 g/mol. The van der Waals surface area contributed by atoms with E-state index in [4.69, 9.17) is 4.74 Å². The normalized spacial score (nSPS) is 14.4. The van der Waals surface area contributed by atoms with Crippen molar-refractivity contribution in [2.75, 3.05) is 24.7 Å². The van der Waals surface area contributed by atoms with Crippen molar-refractivity contribution in [3.63, 3.8) is 0 Å². The summed E-state index contributed by atoms with van der Waals surface area (Å²) >= 11 is 0. The summed E-state index contributed by atoms with van der Waals surface area (Å²) in [7, 11) is -0.159. The molecule has 0 unspecified atom stereocenters. The molecule has 2 aromatic carbocycles. The molecule has 1 fully saturated rings. The van der Waals surface area contributed by atoms with Crippen LogP contribution >= 0.6 is 0 Å². The molecular formula is C22H23N3O3S. The van der Waals surface area contributed by atoms with Crippen molar-refractivity contribution in [1.82, 2.24) is 4.57 Å². The minimum atomic E-state index is -3.33. The lowest BCUT2D eigenvalue weighted by Crippen LogP contribution is -2.24. The molecule has 1 aromatic heterocycles. The number of nitrogens with zero attached hydrogens (tertiary/aromatic N) is 3. The molecule has 7 heteroatoms. The lowest BCUT2D eigenvalue weighted by Gasteiger charge is -2.30. The Morgan fingerprint density at radius 2 is 1.86 bits per heavy atom. The number of benzene rings is 2. The lowest BCUT2D eigenvalue weighted by atomic mass is 9.92. The van der Waals surface area contributed by atoms with E-state index in [0.29, 0.717) is 17.3 Å². The molecule has 1 aliphatic carbocycles. The number of ether oxygens (including phenoxy) is 1. The number of fused-ring (bicyclic) bond motifs is 1. The van der Waals surface area contributed by atoms with E-state index in [9.17, 15) is 13.7 Å². The van der Waals surface area contributed by atoms with Crippen molar-refractivity contribution in [3.8, 4) is 23.1 Å². The number of hydrogen-bond acceptors (Lipinski definition) is 4. The fourth-order valence-corrected chi connectivity index (χ4v) is 4.36. The standard InChI is InChI=1S/C22H23N3O3S/c1-24(29(3,26)27)16-9-7-15(8-10-16)22-20(14-23)19-12-11-18(28-2)13-21(19)25(22)17-5-4-6-17/h7-13,17H,4-6H2,1-3H3. The van der Waals surface area contributed by atoms with Gasteiger partial charge < -0.3 is 9.30 Å². The molecule has 29 heavy (non-hydrogen) atoms. The van der Waals surface area contributed by atoms with Crippen LogP contribution in [-0.4, -0.2) is 33.4 Å². The van der Waals surface area contributed by atoms with Crippen LogP contribution in [0.15, 0.2) is 42.5 Å². The van der Waals surface area contributed by atoms with Gasteiger partial charge in [-0.1, -0.05) is 12.1 Å². The Bertz CT molecular complexity index is 1220. The third-order valence-corrected chi connectivity index (χ3v) is 6.97. The first kappa shape index (κ1) is 19.3. The highest BCUT2D eigenvalue weighted by Gasteiger charge is 2.28. The molecule has 0 N–H and O–H groups in total. The van der Waals surface area contributed by atoms with E-state index in [1.165, 1.54) is 24.0 Å². The van der Waals surface area contributed by atoms with Crippen LogP contribution in [0.4, 0.5) is 5.69 Å². The zero-order valence-corrected chi connectivity index (χ0v) is 17.5. The summed E-state index contributed by atoms with van der Waals surface area (Å²) in [6.45, 7) is 0. The Balaban J connectivity index is 1.92. The van der Waals surface area contributed by atoms with Gasteiger partial charge in [0.1, 0.15) is 11.8 Å². The van der Waals surface area contributed by atoms with Gasteiger partial charge in [-0.3, -0.25) is 4.31 Å². The maximum absolute atomic E-state index is 11.8. The third kappa shape index (κ3) is 3.23. The van der Waals surface area contributed by atoms with Gasteiger partial charge >= 0.3 is 0 Å². The Labute approximate surface area is 171 Å². The SMILES string of the molecule is COc1ccc2c(C#N)c(-c3ccc(N(C)S(C)(=O)=O)cc3)n(C3CCC3)c2c1. The first-order chi connectivity index (χ1) is 13.8. The Kier molecular flexibility index (Phi) is 4.75. The first-order valence-electron chi connectivity index (χ1n) is 9.51. The fourth-order valence-electron chi connectivity index (χ4n) is 3.86. The monoisotopic (exact) mass is 409 g/mol. The van der Waals surface area contributed by atoms with E-state index >= 15 is 0 Å². The Hall–Kier alpha value is -2.98. The maximum atomic E-state index is 11.8. The second-order valence-electron chi connectivity index (χ2n) is 7.45. The average Bonchev–Trinajstić information content (AvgIpc) is 2.98. The van der Waals surface area contributed by atoms with Gasteiger partial charge in [-0.2, -0.15) is 5.26 Å². The van der Waals surface area contributed by atoms with E-state index in [1.54, 1.807) is 19.2 Å². The number of aromatic nitrogens is 1. The van der Waals surface area contributed by atoms with Gasteiger partial charge in [-0.25, -0.2) is 8.42 Å². The molecule has 150 valence electrons. The quantitative estimate of drug-likeness (QED) is 0.629. The van der Waals surface area contributed by atoms with Gasteiger partial charge in [-0.05, 0) is 49.1 Å². The molecule has 4 rings (SSSR count). The van der Waals surface area contributed by atoms with Crippen molar-refractivity contribution < 1.29 is 13.2 Å². The van der Waals surface area contributed by atoms with Gasteiger partial charge in [0.15, 0.2) is 0 Å². The molecule has 1 saturated carbocycles. The second kappa shape index (κ2) is 7.12. The Morgan fingerprint density at radius 1 is 1.17 bits per heavy atom. The van der Waals surface area contributed by atoms with E-state index in [2.05, 4.69) is 10.6 Å². The summed E-state index contributed by atoms with van der Waals surface area (Å²) < 4.78 is 32.6. The van der Waals surface area contributed by atoms with Crippen LogP contribution in [0, 0.1) is 11.3 Å². The highest BCUT2D eigenvalue weighted by Crippen LogP contribution is 2.43. The zero-order valence-electron chi connectivity index (χ0n) is 16.7. The van der Waals surface area contributed by atoms with Gasteiger partial charge in [0.2, 0.25) is 10.0 Å². The molecule has 0 amide bonds. The van der Waals surface area contributed by atoms with Crippen LogP contribution in [0.2, 0.25) is 0 Å². The summed E-state index contributed by atoms with van der Waals surface area (Å²) in [5.74, 6) is 0.761. The van der Waals surface area contributed by atoms with Crippen LogP contribution in [0.5, 0.6) is 5.75 Å². The molecule has 6 nitrogen and oxygen atoms in total. The summed E-state index contributed by atoms with van der Waals surface area (Å²) in [6.07, 6.45) is 4.51. The fraction of sp³-hybridized carbons (Fsp3) is 0.318. The van der Waals surface area contributed by atoms with E-state index in [0.717, 1.165) is 40.8 Å². The van der Waals surface area contributed by atoms with Gasteiger partial charge in [0.25, 0.3) is 0 Å². The molecule has 0 aliphatic heterocycles. The van der Waals surface area contributed by atoms with Crippen molar-refractivity contribution in [3.05, 3.63) is 48.0 Å². The van der Waals surface area contributed by atoms with Crippen molar-refractivity contribution >= 4 is 26.6 Å². The van der Waals surface area contributed by atoms with Gasteiger partial charge in [0, 0.05) is 24.5 Å². The minimum Gasteiger partial charge on any atom is -0.497 e. The topological polar surface area (TPSA) is 75.3 Å². The van der Waals surface area contributed by atoms with Crippen molar-refractivity contribution in [2.24, 2.45) is 0 Å². The molecule has 1 aliphatic rings. The first-order valence-corrected chi connectivity index (χ1v) is 11.4. The maximum Gasteiger partial charge on any atom is 0.231 e. The third-order valence-electron chi connectivity index (χ3n) is 5.76. The van der Waals surface area contributed by atoms with Crippen LogP contribution in [-0.2, 0) is 10.0 Å². The van der Waals surface area contributed by atoms with E-state index < -0.39 is 10.0 Å². The summed E-state index contributed by atoms with van der Waals surface area (Å²) in [5, 5.41) is 10.9. The van der Waals surface area contributed by atoms with Crippen molar-refractivity contribution in [2.45, 2.75) is 25.3 Å². The van der Waals surface area contributed by atoms with Crippen LogP contribution in [0.1, 0.15) is 30.9 Å². The largest absolute Gasteiger partial charge is 0.497 e. The Morgan fingerprint density at radius 3 is 2.38 bits per heavy atom. The number of rotatable bonds is 5. The molecule has 3 aromatic rings. The number of nitriles is 1. The summed E-state index contributed by atoms with van der Waals surface area (Å²) in [4.78, 5) is 0. The van der Waals surface area contributed by atoms with Crippen LogP contribution in [0.25, 0.3) is 22.2 Å². The number of methoxy groups -OCH3 is 1. The second-order valence-corrected chi connectivity index (χ2v) is 9.46. The molecule has 0 atom stereocenters. The molecule has 0 radical (unpaired) electrons. The lowest BCUT2D eigenvalue weighted by molar-refractivity contribution is 0.324. The predicted octanol–water partition coefficient (Wildman–Crippen LogP) is 4.31. The summed E-state index contributed by atoms with van der Waals surface area (Å²) in [5.41, 5.74) is 4.00. The van der Waals surface area contributed by atoms with Crippen LogP contribution in [0.3, 0.4) is 0 Å². The average molecular weight is 410 g/mol. The highest BCUT2D eigenvalue weighted by atomic mass is 32.2. The van der Waals surface area contributed by atoms with Crippen LogP contribution < -0.4 is 9.04 Å². The highest BCUT2D eigenvalue weighted by molar-refractivity contribution is 7.92. The zero-order chi connectivity index (χ0) is 20.8. The molecule has 0 bridgehead atoms. The minimum absolute atomic E-state index is 0.347. The number of anilines is 1. The smallest absolute Gasteiger partial charge is 0.231 e. The van der Waals surface area contributed by atoms with Crippen molar-refractivity contribution in [1.29, 1.82) is 5.26 Å². The predicted molar refractivity (Wildman–Crippen MR) is 115 cm³/mol. The summed E-state index contributed by atoms with van der Waals surface area (Å²) in [6, 6.07) is 15.9. The van der Waals surface area contributed by atoms with Gasteiger partial charge in [-0.15, -0.1) is 0 Å².